The SMILES string of the molecule is C=CC1CC(=O)N(c2ccc(C)nc2Cl)C1. The molecular weight excluding hydrogens is 224 g/mol. The topological polar surface area (TPSA) is 33.2 Å². The lowest BCUT2D eigenvalue weighted by molar-refractivity contribution is -0.117. The van der Waals surface area contributed by atoms with E-state index in [1.807, 2.05) is 25.1 Å². The summed E-state index contributed by atoms with van der Waals surface area (Å²) >= 11 is 6.03. The van der Waals surface area contributed by atoms with E-state index in [0.717, 1.165) is 5.69 Å². The molecule has 1 fully saturated rings. The molecule has 0 radical (unpaired) electrons. The van der Waals surface area contributed by atoms with Crippen molar-refractivity contribution in [3.8, 4) is 0 Å². The molecule has 1 aromatic rings. The molecule has 4 heteroatoms. The second-order valence-electron chi connectivity index (χ2n) is 3.97. The Morgan fingerprint density at radius 3 is 2.94 bits per heavy atom. The van der Waals surface area contributed by atoms with Crippen LogP contribution in [0, 0.1) is 12.8 Å². The molecule has 1 saturated heterocycles. The molecule has 0 saturated carbocycles. The molecule has 84 valence electrons. The summed E-state index contributed by atoms with van der Waals surface area (Å²) in [5, 5.41) is 0.387. The zero-order valence-corrected chi connectivity index (χ0v) is 9.87. The van der Waals surface area contributed by atoms with Crippen molar-refractivity contribution < 1.29 is 4.79 Å². The standard InChI is InChI=1S/C12H13ClN2O/c1-3-9-6-11(16)15(7-9)10-5-4-8(2)14-12(10)13/h3-5,9H,1,6-7H2,2H3. The first-order chi connectivity index (χ1) is 7.61. The Balaban J connectivity index is 2.31. The molecule has 0 N–H and O–H groups in total. The maximum atomic E-state index is 11.8. The van der Waals surface area contributed by atoms with Gasteiger partial charge in [0.05, 0.1) is 5.69 Å². The molecule has 0 spiro atoms. The number of pyridine rings is 1. The quantitative estimate of drug-likeness (QED) is 0.584. The molecule has 1 amide bonds. The third-order valence-electron chi connectivity index (χ3n) is 2.75. The zero-order chi connectivity index (χ0) is 11.7. The van der Waals surface area contributed by atoms with Crippen LogP contribution in [0.15, 0.2) is 24.8 Å². The number of amides is 1. The van der Waals surface area contributed by atoms with E-state index in [1.54, 1.807) is 4.90 Å². The molecule has 1 aliphatic heterocycles. The minimum absolute atomic E-state index is 0.0810. The Labute approximate surface area is 99.7 Å². The predicted octanol–water partition coefficient (Wildman–Crippen LogP) is 2.58. The van der Waals surface area contributed by atoms with Gasteiger partial charge in [-0.1, -0.05) is 17.7 Å². The van der Waals surface area contributed by atoms with E-state index >= 15 is 0 Å². The number of aryl methyl sites for hydroxylation is 1. The number of halogens is 1. The van der Waals surface area contributed by atoms with Gasteiger partial charge in [-0.05, 0) is 19.1 Å². The lowest BCUT2D eigenvalue weighted by Gasteiger charge is -2.17. The van der Waals surface area contributed by atoms with E-state index in [-0.39, 0.29) is 11.8 Å². The molecule has 1 aromatic heterocycles. The minimum atomic E-state index is 0.0810. The predicted molar refractivity (Wildman–Crippen MR) is 64.6 cm³/mol. The molecule has 3 nitrogen and oxygen atoms in total. The Hall–Kier alpha value is -1.35. The van der Waals surface area contributed by atoms with E-state index in [4.69, 9.17) is 11.6 Å². The summed E-state index contributed by atoms with van der Waals surface area (Å²) in [6.45, 7) is 6.23. The summed E-state index contributed by atoms with van der Waals surface area (Å²) in [5.41, 5.74) is 1.54. The fourth-order valence-corrected chi connectivity index (χ4v) is 2.14. The highest BCUT2D eigenvalue weighted by Crippen LogP contribution is 2.30. The number of carbonyl (C=O) groups is 1. The van der Waals surface area contributed by atoms with Gasteiger partial charge in [-0.3, -0.25) is 4.79 Å². The largest absolute Gasteiger partial charge is 0.309 e. The fraction of sp³-hybridized carbons (Fsp3) is 0.333. The van der Waals surface area contributed by atoms with Crippen LogP contribution in [0.4, 0.5) is 5.69 Å². The zero-order valence-electron chi connectivity index (χ0n) is 9.11. The summed E-state index contributed by atoms with van der Waals surface area (Å²) in [5.74, 6) is 0.294. The van der Waals surface area contributed by atoms with Crippen LogP contribution in [0.25, 0.3) is 0 Å². The summed E-state index contributed by atoms with van der Waals surface area (Å²) in [6, 6.07) is 3.70. The van der Waals surface area contributed by atoms with Crippen molar-refractivity contribution in [2.75, 3.05) is 11.4 Å². The lowest BCUT2D eigenvalue weighted by Crippen LogP contribution is -2.24. The van der Waals surface area contributed by atoms with Crippen LogP contribution in [-0.4, -0.2) is 17.4 Å². The Morgan fingerprint density at radius 2 is 2.38 bits per heavy atom. The Kier molecular flexibility index (Phi) is 2.97. The summed E-state index contributed by atoms with van der Waals surface area (Å²) in [6.07, 6.45) is 2.32. The van der Waals surface area contributed by atoms with Gasteiger partial charge in [0, 0.05) is 24.6 Å². The first kappa shape index (κ1) is 11.1. The number of aromatic nitrogens is 1. The second kappa shape index (κ2) is 4.26. The van der Waals surface area contributed by atoms with Crippen molar-refractivity contribution in [1.82, 2.24) is 4.98 Å². The van der Waals surface area contributed by atoms with Gasteiger partial charge in [0.2, 0.25) is 5.91 Å². The van der Waals surface area contributed by atoms with Crippen LogP contribution in [0.2, 0.25) is 5.15 Å². The third kappa shape index (κ3) is 1.95. The number of hydrogen-bond acceptors (Lipinski definition) is 2. The Bertz CT molecular complexity index is 445. The molecule has 2 rings (SSSR count). The minimum Gasteiger partial charge on any atom is -0.309 e. The van der Waals surface area contributed by atoms with E-state index in [9.17, 15) is 4.79 Å². The van der Waals surface area contributed by atoms with Gasteiger partial charge in [-0.2, -0.15) is 0 Å². The van der Waals surface area contributed by atoms with Crippen molar-refractivity contribution in [3.63, 3.8) is 0 Å². The van der Waals surface area contributed by atoms with E-state index in [0.29, 0.717) is 23.8 Å². The van der Waals surface area contributed by atoms with Crippen LogP contribution < -0.4 is 4.90 Å². The maximum Gasteiger partial charge on any atom is 0.227 e. The highest BCUT2D eigenvalue weighted by Gasteiger charge is 2.30. The van der Waals surface area contributed by atoms with Gasteiger partial charge in [-0.15, -0.1) is 6.58 Å². The third-order valence-corrected chi connectivity index (χ3v) is 3.03. The van der Waals surface area contributed by atoms with Crippen LogP contribution in [0.5, 0.6) is 0 Å². The summed E-state index contributed by atoms with van der Waals surface area (Å²) in [7, 11) is 0. The number of carbonyl (C=O) groups excluding carboxylic acids is 1. The molecule has 1 unspecified atom stereocenters. The van der Waals surface area contributed by atoms with Gasteiger partial charge >= 0.3 is 0 Å². The highest BCUT2D eigenvalue weighted by atomic mass is 35.5. The van der Waals surface area contributed by atoms with Crippen molar-refractivity contribution in [2.24, 2.45) is 5.92 Å². The molecule has 2 heterocycles. The average Bonchev–Trinajstić information content (AvgIpc) is 2.60. The number of anilines is 1. The average molecular weight is 237 g/mol. The molecule has 0 aromatic carbocycles. The van der Waals surface area contributed by atoms with Gasteiger partial charge < -0.3 is 4.90 Å². The van der Waals surface area contributed by atoms with Crippen molar-refractivity contribution >= 4 is 23.2 Å². The monoisotopic (exact) mass is 236 g/mol. The first-order valence-electron chi connectivity index (χ1n) is 5.18. The molecule has 0 bridgehead atoms. The van der Waals surface area contributed by atoms with Crippen molar-refractivity contribution in [2.45, 2.75) is 13.3 Å². The molecule has 0 aliphatic carbocycles. The maximum absolute atomic E-state index is 11.8. The Morgan fingerprint density at radius 1 is 1.62 bits per heavy atom. The van der Waals surface area contributed by atoms with Crippen LogP contribution in [0.3, 0.4) is 0 Å². The first-order valence-corrected chi connectivity index (χ1v) is 5.55. The van der Waals surface area contributed by atoms with E-state index < -0.39 is 0 Å². The summed E-state index contributed by atoms with van der Waals surface area (Å²) < 4.78 is 0. The molecule has 1 atom stereocenters. The van der Waals surface area contributed by atoms with Crippen LogP contribution >= 0.6 is 11.6 Å². The smallest absolute Gasteiger partial charge is 0.227 e. The van der Waals surface area contributed by atoms with E-state index in [1.165, 1.54) is 0 Å². The normalized spacial score (nSPS) is 20.2. The van der Waals surface area contributed by atoms with E-state index in [2.05, 4.69) is 11.6 Å². The molecular formula is C12H13ClN2O. The number of rotatable bonds is 2. The van der Waals surface area contributed by atoms with Crippen LogP contribution in [0.1, 0.15) is 12.1 Å². The number of nitrogens with zero attached hydrogens (tertiary/aromatic N) is 2. The van der Waals surface area contributed by atoms with Gasteiger partial charge in [0.15, 0.2) is 5.15 Å². The van der Waals surface area contributed by atoms with Crippen molar-refractivity contribution in [1.29, 1.82) is 0 Å². The fourth-order valence-electron chi connectivity index (χ4n) is 1.84. The second-order valence-corrected chi connectivity index (χ2v) is 4.32. The highest BCUT2D eigenvalue weighted by molar-refractivity contribution is 6.32. The van der Waals surface area contributed by atoms with Crippen molar-refractivity contribution in [3.05, 3.63) is 35.6 Å². The summed E-state index contributed by atoms with van der Waals surface area (Å²) in [4.78, 5) is 17.6. The van der Waals surface area contributed by atoms with Crippen LogP contribution in [-0.2, 0) is 4.79 Å². The molecule has 1 aliphatic rings. The lowest BCUT2D eigenvalue weighted by atomic mass is 10.1. The van der Waals surface area contributed by atoms with Gasteiger partial charge in [-0.25, -0.2) is 4.98 Å². The molecule has 16 heavy (non-hydrogen) atoms. The van der Waals surface area contributed by atoms with Gasteiger partial charge in [0.25, 0.3) is 0 Å². The number of hydrogen-bond donors (Lipinski definition) is 0. The van der Waals surface area contributed by atoms with Gasteiger partial charge in [0.1, 0.15) is 0 Å².